The number of nitrogens with one attached hydrogen (secondary N) is 1. The number of rotatable bonds is 0. The molecule has 0 spiro atoms. The van der Waals surface area contributed by atoms with E-state index >= 15 is 0 Å². The van der Waals surface area contributed by atoms with Gasteiger partial charge in [-0.1, -0.05) is 6.92 Å². The highest BCUT2D eigenvalue weighted by Gasteiger charge is 2.48. The van der Waals surface area contributed by atoms with Crippen LogP contribution in [-0.2, 0) is 4.79 Å². The van der Waals surface area contributed by atoms with Crippen molar-refractivity contribution < 1.29 is 4.79 Å². The molecule has 2 heterocycles. The predicted molar refractivity (Wildman–Crippen MR) is 53.9 cm³/mol. The molecule has 2 aliphatic heterocycles. The van der Waals surface area contributed by atoms with Crippen LogP contribution in [0.1, 0.15) is 20.3 Å². The Morgan fingerprint density at radius 2 is 2.29 bits per heavy atom. The quantitative estimate of drug-likeness (QED) is 0.621. The molecule has 0 radical (unpaired) electrons. The van der Waals surface area contributed by atoms with Crippen LogP contribution in [0.5, 0.6) is 0 Å². The fourth-order valence-electron chi connectivity index (χ4n) is 2.35. The fraction of sp³-hybridized carbons (Fsp3) is 0.636. The molecule has 0 aromatic carbocycles. The second-order valence-electron chi connectivity index (χ2n) is 4.63. The topological polar surface area (TPSA) is 41.5 Å². The average Bonchev–Trinajstić information content (AvgIpc) is 2.92. The molecule has 1 saturated carbocycles. The Bertz CT molecular complexity index is 369. The number of carbonyl (C=O) groups is 1. The van der Waals surface area contributed by atoms with Crippen LogP contribution in [0.25, 0.3) is 0 Å². The Kier molecular flexibility index (Phi) is 1.45. The molecule has 1 aliphatic carbocycles. The molecule has 4 atom stereocenters. The maximum atomic E-state index is 12.0. The van der Waals surface area contributed by atoms with Crippen LogP contribution in [0.4, 0.5) is 0 Å². The molecule has 3 aliphatic rings. The van der Waals surface area contributed by atoms with E-state index in [-0.39, 0.29) is 12.0 Å². The van der Waals surface area contributed by atoms with Crippen molar-refractivity contribution in [2.75, 3.05) is 0 Å². The predicted octanol–water partition coefficient (Wildman–Crippen LogP) is 1.12. The van der Waals surface area contributed by atoms with E-state index in [1.54, 1.807) is 0 Å². The molecular formula is C11H14N2O. The Labute approximate surface area is 83.3 Å². The zero-order chi connectivity index (χ0) is 9.87. The molecule has 0 bridgehead atoms. The Morgan fingerprint density at radius 1 is 1.50 bits per heavy atom. The second-order valence-corrected chi connectivity index (χ2v) is 4.63. The molecule has 0 saturated heterocycles. The number of Topliss-reactive ketones (excluding diaryl/α,β-unsaturated/α-hetero) is 1. The molecule has 74 valence electrons. The first kappa shape index (κ1) is 8.21. The molecule has 1 N–H and O–H groups in total. The number of hydrogen-bond acceptors (Lipinski definition) is 3. The molecule has 4 unspecified atom stereocenters. The molecule has 0 aromatic heterocycles. The van der Waals surface area contributed by atoms with Gasteiger partial charge in [0, 0.05) is 29.7 Å². The number of ketones is 1. The van der Waals surface area contributed by atoms with Crippen LogP contribution < -0.4 is 5.32 Å². The lowest BCUT2D eigenvalue weighted by Crippen LogP contribution is -2.43. The number of carbonyl (C=O) groups excluding carboxylic acids is 1. The van der Waals surface area contributed by atoms with Crippen LogP contribution in [-0.4, -0.2) is 18.0 Å². The number of allylic oxidation sites excluding steroid dienone is 1. The zero-order valence-electron chi connectivity index (χ0n) is 8.45. The minimum absolute atomic E-state index is 0.100. The van der Waals surface area contributed by atoms with Crippen molar-refractivity contribution in [3.8, 4) is 0 Å². The largest absolute Gasteiger partial charge is 0.367 e. The molecule has 3 nitrogen and oxygen atoms in total. The number of nitrogens with zero attached hydrogens (tertiary/aromatic N) is 1. The summed E-state index contributed by atoms with van der Waals surface area (Å²) in [5.41, 5.74) is 0.975. The van der Waals surface area contributed by atoms with Gasteiger partial charge in [-0.3, -0.25) is 4.79 Å². The highest BCUT2D eigenvalue weighted by atomic mass is 16.1. The van der Waals surface area contributed by atoms with Gasteiger partial charge in [0.05, 0.1) is 0 Å². The summed E-state index contributed by atoms with van der Waals surface area (Å²) in [6.07, 6.45) is 3.11. The maximum absolute atomic E-state index is 12.0. The summed E-state index contributed by atoms with van der Waals surface area (Å²) in [7, 11) is 0. The molecule has 0 amide bonds. The van der Waals surface area contributed by atoms with E-state index in [2.05, 4.69) is 10.3 Å². The van der Waals surface area contributed by atoms with Gasteiger partial charge in [0.1, 0.15) is 5.82 Å². The summed E-state index contributed by atoms with van der Waals surface area (Å²) in [4.78, 5) is 16.4. The van der Waals surface area contributed by atoms with Crippen molar-refractivity contribution in [2.45, 2.75) is 26.3 Å². The average molecular weight is 190 g/mol. The summed E-state index contributed by atoms with van der Waals surface area (Å²) >= 11 is 0. The van der Waals surface area contributed by atoms with E-state index in [4.69, 9.17) is 0 Å². The van der Waals surface area contributed by atoms with E-state index in [1.165, 1.54) is 0 Å². The first-order chi connectivity index (χ1) is 6.68. The van der Waals surface area contributed by atoms with Gasteiger partial charge in [0.15, 0.2) is 5.78 Å². The molecule has 3 rings (SSSR count). The normalized spacial score (nSPS) is 44.3. The summed E-state index contributed by atoms with van der Waals surface area (Å²) in [6.45, 7) is 4.04. The Morgan fingerprint density at radius 3 is 3.07 bits per heavy atom. The second kappa shape index (κ2) is 2.47. The van der Waals surface area contributed by atoms with Gasteiger partial charge < -0.3 is 5.32 Å². The van der Waals surface area contributed by atoms with Gasteiger partial charge in [-0.05, 0) is 19.3 Å². The number of fused-ring (bicyclic) bond motifs is 2. The van der Waals surface area contributed by atoms with Crippen molar-refractivity contribution in [1.82, 2.24) is 5.32 Å². The highest BCUT2D eigenvalue weighted by molar-refractivity contribution is 6.01. The fourth-order valence-corrected chi connectivity index (χ4v) is 2.35. The van der Waals surface area contributed by atoms with E-state index < -0.39 is 0 Å². The van der Waals surface area contributed by atoms with Crippen molar-refractivity contribution in [2.24, 2.45) is 22.7 Å². The monoisotopic (exact) mass is 190 g/mol. The summed E-state index contributed by atoms with van der Waals surface area (Å²) in [6, 6.07) is 0.216. The number of hydrogen-bond donors (Lipinski definition) is 1. The molecule has 1 fully saturated rings. The smallest absolute Gasteiger partial charge is 0.167 e. The minimum atomic E-state index is 0.100. The minimum Gasteiger partial charge on any atom is -0.367 e. The SMILES string of the molecule is CC1NC2=C(C(=O)C1C)C1CC1C=N2. The first-order valence-corrected chi connectivity index (χ1v) is 5.27. The molecule has 3 heteroatoms. The van der Waals surface area contributed by atoms with Crippen LogP contribution >= 0.6 is 0 Å². The van der Waals surface area contributed by atoms with Crippen molar-refractivity contribution >= 4 is 12.0 Å². The lowest BCUT2D eigenvalue weighted by atomic mass is 9.86. The third-order valence-electron chi connectivity index (χ3n) is 3.65. The van der Waals surface area contributed by atoms with Crippen LogP contribution in [0.3, 0.4) is 0 Å². The van der Waals surface area contributed by atoms with E-state index in [0.29, 0.717) is 17.6 Å². The van der Waals surface area contributed by atoms with Gasteiger partial charge in [0.2, 0.25) is 0 Å². The third-order valence-corrected chi connectivity index (χ3v) is 3.65. The van der Waals surface area contributed by atoms with Gasteiger partial charge >= 0.3 is 0 Å². The summed E-state index contributed by atoms with van der Waals surface area (Å²) < 4.78 is 0. The van der Waals surface area contributed by atoms with Gasteiger partial charge in [-0.25, -0.2) is 4.99 Å². The van der Waals surface area contributed by atoms with E-state index in [1.807, 2.05) is 20.1 Å². The maximum Gasteiger partial charge on any atom is 0.167 e. The van der Waals surface area contributed by atoms with E-state index in [9.17, 15) is 4.79 Å². The third kappa shape index (κ3) is 0.925. The molecule has 14 heavy (non-hydrogen) atoms. The van der Waals surface area contributed by atoms with Gasteiger partial charge in [0.25, 0.3) is 0 Å². The standard InChI is InChI=1S/C11H14N2O/c1-5-6(2)13-11-9(10(5)14)8-3-7(8)4-12-11/h4-8,13H,3H2,1-2H3. The highest BCUT2D eigenvalue weighted by Crippen LogP contribution is 2.48. The van der Waals surface area contributed by atoms with Crippen molar-refractivity contribution in [1.29, 1.82) is 0 Å². The molecule has 0 aromatic rings. The first-order valence-electron chi connectivity index (χ1n) is 5.27. The van der Waals surface area contributed by atoms with Gasteiger partial charge in [-0.2, -0.15) is 0 Å². The van der Waals surface area contributed by atoms with Crippen molar-refractivity contribution in [3.63, 3.8) is 0 Å². The lowest BCUT2D eigenvalue weighted by molar-refractivity contribution is -0.120. The summed E-state index contributed by atoms with van der Waals surface area (Å²) in [5.74, 6) is 2.30. The zero-order valence-corrected chi connectivity index (χ0v) is 8.45. The summed E-state index contributed by atoms with van der Waals surface area (Å²) in [5, 5.41) is 3.32. The van der Waals surface area contributed by atoms with Crippen LogP contribution in [0, 0.1) is 17.8 Å². The van der Waals surface area contributed by atoms with Crippen LogP contribution in [0.15, 0.2) is 16.4 Å². The Balaban J connectivity index is 2.05. The van der Waals surface area contributed by atoms with Crippen LogP contribution in [0.2, 0.25) is 0 Å². The number of aliphatic imine (C=N–C) groups is 1. The van der Waals surface area contributed by atoms with E-state index in [0.717, 1.165) is 17.8 Å². The molecular weight excluding hydrogens is 176 g/mol. The van der Waals surface area contributed by atoms with Gasteiger partial charge in [-0.15, -0.1) is 0 Å². The van der Waals surface area contributed by atoms with Crippen molar-refractivity contribution in [3.05, 3.63) is 11.4 Å². The Hall–Kier alpha value is -1.12. The lowest BCUT2D eigenvalue weighted by Gasteiger charge is -2.30.